The highest BCUT2D eigenvalue weighted by molar-refractivity contribution is 5.98. The molecule has 3 heterocycles. The van der Waals surface area contributed by atoms with E-state index in [0.717, 1.165) is 24.2 Å². The van der Waals surface area contributed by atoms with Crippen LogP contribution in [0.3, 0.4) is 0 Å². The zero-order chi connectivity index (χ0) is 21.8. The highest BCUT2D eigenvalue weighted by atomic mass is 16.5. The standard InChI is InChI=1S/C22H24N6O3/c1-23-21(29)19-18(14-5-7-16(31-2)8-6-14)26-20(27-19)15-4-3-11-28(13-15)22(30)17-12-24-9-10-25-17/h5-10,12,15H,3-4,11,13H2,1-2H3,(H,23,29)(H,26,27)/t15-/m0/s1. The van der Waals surface area contributed by atoms with Crippen LogP contribution in [0.2, 0.25) is 0 Å². The fourth-order valence-electron chi connectivity index (χ4n) is 3.79. The number of nitrogens with one attached hydrogen (secondary N) is 2. The number of likely N-dealkylation sites (tertiary alicyclic amines) is 1. The minimum absolute atomic E-state index is 0.00947. The molecule has 9 heteroatoms. The summed E-state index contributed by atoms with van der Waals surface area (Å²) in [4.78, 5) is 43.2. The van der Waals surface area contributed by atoms with Crippen LogP contribution in [0.25, 0.3) is 11.3 Å². The van der Waals surface area contributed by atoms with Crippen molar-refractivity contribution in [2.24, 2.45) is 0 Å². The first kappa shape index (κ1) is 20.5. The van der Waals surface area contributed by atoms with E-state index >= 15 is 0 Å². The van der Waals surface area contributed by atoms with Crippen molar-refractivity contribution in [3.8, 4) is 17.0 Å². The molecular formula is C22H24N6O3. The molecule has 0 saturated carbocycles. The summed E-state index contributed by atoms with van der Waals surface area (Å²) in [6, 6.07) is 7.41. The molecule has 9 nitrogen and oxygen atoms in total. The van der Waals surface area contributed by atoms with E-state index in [0.29, 0.717) is 36.0 Å². The van der Waals surface area contributed by atoms with E-state index in [1.54, 1.807) is 25.3 Å². The number of hydrogen-bond acceptors (Lipinski definition) is 6. The number of H-pyrrole nitrogens is 1. The van der Waals surface area contributed by atoms with Crippen LogP contribution >= 0.6 is 0 Å². The van der Waals surface area contributed by atoms with Gasteiger partial charge in [-0.15, -0.1) is 0 Å². The number of carbonyl (C=O) groups is 2. The first-order valence-electron chi connectivity index (χ1n) is 10.1. The lowest BCUT2D eigenvalue weighted by atomic mass is 9.97. The number of piperidine rings is 1. The van der Waals surface area contributed by atoms with Crippen molar-refractivity contribution in [3.63, 3.8) is 0 Å². The van der Waals surface area contributed by atoms with Crippen LogP contribution in [0.5, 0.6) is 5.75 Å². The first-order chi connectivity index (χ1) is 15.1. The molecule has 2 amide bonds. The minimum atomic E-state index is -0.243. The van der Waals surface area contributed by atoms with E-state index in [1.165, 1.54) is 12.4 Å². The quantitative estimate of drug-likeness (QED) is 0.655. The molecule has 4 rings (SSSR count). The summed E-state index contributed by atoms with van der Waals surface area (Å²) in [5.41, 5.74) is 2.12. The van der Waals surface area contributed by atoms with E-state index in [4.69, 9.17) is 9.72 Å². The smallest absolute Gasteiger partial charge is 0.274 e. The molecule has 160 valence electrons. The lowest BCUT2D eigenvalue weighted by Crippen LogP contribution is -2.39. The molecule has 0 aliphatic carbocycles. The van der Waals surface area contributed by atoms with Crippen LogP contribution in [0.4, 0.5) is 0 Å². The van der Waals surface area contributed by atoms with Gasteiger partial charge >= 0.3 is 0 Å². The van der Waals surface area contributed by atoms with E-state index < -0.39 is 0 Å². The minimum Gasteiger partial charge on any atom is -0.497 e. The highest BCUT2D eigenvalue weighted by Gasteiger charge is 2.29. The Bertz CT molecular complexity index is 1060. The Labute approximate surface area is 179 Å². The number of aromatic amines is 1. The van der Waals surface area contributed by atoms with Gasteiger partial charge in [0.15, 0.2) is 0 Å². The van der Waals surface area contributed by atoms with E-state index in [9.17, 15) is 9.59 Å². The van der Waals surface area contributed by atoms with Crippen molar-refractivity contribution in [2.75, 3.05) is 27.2 Å². The number of ether oxygens (including phenoxy) is 1. The van der Waals surface area contributed by atoms with Gasteiger partial charge in [0.2, 0.25) is 0 Å². The molecule has 1 fully saturated rings. The third kappa shape index (κ3) is 4.25. The predicted molar refractivity (Wildman–Crippen MR) is 114 cm³/mol. The summed E-state index contributed by atoms with van der Waals surface area (Å²) < 4.78 is 5.22. The largest absolute Gasteiger partial charge is 0.497 e. The predicted octanol–water partition coefficient (Wildman–Crippen LogP) is 2.25. The van der Waals surface area contributed by atoms with Gasteiger partial charge < -0.3 is 19.9 Å². The maximum atomic E-state index is 12.8. The van der Waals surface area contributed by atoms with Gasteiger partial charge in [0, 0.05) is 44.0 Å². The van der Waals surface area contributed by atoms with Crippen molar-refractivity contribution < 1.29 is 14.3 Å². The topological polar surface area (TPSA) is 113 Å². The molecule has 2 aromatic heterocycles. The molecule has 0 spiro atoms. The molecule has 1 atom stereocenters. The fourth-order valence-corrected chi connectivity index (χ4v) is 3.79. The number of nitrogens with zero attached hydrogens (tertiary/aromatic N) is 4. The lowest BCUT2D eigenvalue weighted by Gasteiger charge is -2.31. The van der Waals surface area contributed by atoms with Gasteiger partial charge in [-0.05, 0) is 37.1 Å². The third-order valence-corrected chi connectivity index (χ3v) is 5.42. The molecule has 1 saturated heterocycles. The van der Waals surface area contributed by atoms with Gasteiger partial charge in [-0.3, -0.25) is 14.6 Å². The molecular weight excluding hydrogens is 396 g/mol. The van der Waals surface area contributed by atoms with E-state index in [-0.39, 0.29) is 17.7 Å². The Kier molecular flexibility index (Phi) is 5.92. The summed E-state index contributed by atoms with van der Waals surface area (Å²) >= 11 is 0. The van der Waals surface area contributed by atoms with Crippen molar-refractivity contribution in [2.45, 2.75) is 18.8 Å². The van der Waals surface area contributed by atoms with Crippen LogP contribution in [0.15, 0.2) is 42.9 Å². The number of rotatable bonds is 5. The van der Waals surface area contributed by atoms with Crippen molar-refractivity contribution in [1.29, 1.82) is 0 Å². The number of methoxy groups -OCH3 is 1. The average Bonchev–Trinajstić information content (AvgIpc) is 3.29. The number of imidazole rings is 1. The highest BCUT2D eigenvalue weighted by Crippen LogP contribution is 2.30. The fraction of sp³-hybridized carbons (Fsp3) is 0.318. The van der Waals surface area contributed by atoms with Crippen LogP contribution in [-0.2, 0) is 0 Å². The van der Waals surface area contributed by atoms with Gasteiger partial charge in [0.25, 0.3) is 11.8 Å². The molecule has 0 unspecified atom stereocenters. The zero-order valence-electron chi connectivity index (χ0n) is 17.5. The van der Waals surface area contributed by atoms with Gasteiger partial charge in [-0.1, -0.05) is 0 Å². The summed E-state index contributed by atoms with van der Waals surface area (Å²) in [5, 5.41) is 2.66. The Morgan fingerprint density at radius 2 is 2.03 bits per heavy atom. The normalized spacial score (nSPS) is 16.1. The second kappa shape index (κ2) is 8.95. The third-order valence-electron chi connectivity index (χ3n) is 5.42. The van der Waals surface area contributed by atoms with Gasteiger partial charge in [-0.2, -0.15) is 0 Å². The number of hydrogen-bond donors (Lipinski definition) is 2. The number of aromatic nitrogens is 4. The molecule has 2 N–H and O–H groups in total. The summed E-state index contributed by atoms with van der Waals surface area (Å²) in [7, 11) is 3.19. The van der Waals surface area contributed by atoms with Crippen molar-refractivity contribution in [1.82, 2.24) is 30.2 Å². The van der Waals surface area contributed by atoms with E-state index in [1.807, 2.05) is 24.3 Å². The lowest BCUT2D eigenvalue weighted by molar-refractivity contribution is 0.0697. The summed E-state index contributed by atoms with van der Waals surface area (Å²) in [5.74, 6) is 1.02. The second-order valence-corrected chi connectivity index (χ2v) is 7.33. The Balaban J connectivity index is 1.62. The van der Waals surface area contributed by atoms with Crippen LogP contribution in [0, 0.1) is 0 Å². The SMILES string of the molecule is CNC(=O)c1[nH]c([C@H]2CCCN(C(=O)c3cnccn3)C2)nc1-c1ccc(OC)cc1. The monoisotopic (exact) mass is 420 g/mol. The summed E-state index contributed by atoms with van der Waals surface area (Å²) in [6.45, 7) is 1.15. The van der Waals surface area contributed by atoms with Gasteiger partial charge in [-0.25, -0.2) is 9.97 Å². The van der Waals surface area contributed by atoms with Crippen LogP contribution in [0.1, 0.15) is 45.6 Å². The molecule has 31 heavy (non-hydrogen) atoms. The van der Waals surface area contributed by atoms with Crippen LogP contribution in [-0.4, -0.2) is 63.9 Å². The molecule has 1 aliphatic rings. The average molecular weight is 420 g/mol. The molecule has 1 aliphatic heterocycles. The van der Waals surface area contributed by atoms with E-state index in [2.05, 4.69) is 20.3 Å². The van der Waals surface area contributed by atoms with Gasteiger partial charge in [0.05, 0.1) is 13.3 Å². The Morgan fingerprint density at radius 1 is 1.23 bits per heavy atom. The zero-order valence-corrected chi connectivity index (χ0v) is 17.5. The Morgan fingerprint density at radius 3 is 2.71 bits per heavy atom. The number of amides is 2. The maximum Gasteiger partial charge on any atom is 0.274 e. The second-order valence-electron chi connectivity index (χ2n) is 7.33. The molecule has 3 aromatic rings. The van der Waals surface area contributed by atoms with Crippen molar-refractivity contribution in [3.05, 3.63) is 60.1 Å². The molecule has 0 radical (unpaired) electrons. The van der Waals surface area contributed by atoms with Crippen LogP contribution < -0.4 is 10.1 Å². The van der Waals surface area contributed by atoms with Crippen molar-refractivity contribution >= 4 is 11.8 Å². The summed E-state index contributed by atoms with van der Waals surface area (Å²) in [6.07, 6.45) is 6.24. The number of carbonyl (C=O) groups excluding carboxylic acids is 2. The number of benzene rings is 1. The Hall–Kier alpha value is -3.75. The molecule has 0 bridgehead atoms. The maximum absolute atomic E-state index is 12.8. The first-order valence-corrected chi connectivity index (χ1v) is 10.1. The molecule has 1 aromatic carbocycles. The van der Waals surface area contributed by atoms with Gasteiger partial charge in [0.1, 0.15) is 28.7 Å².